The van der Waals surface area contributed by atoms with Crippen LogP contribution < -0.4 is 5.56 Å². The number of benzene rings is 1. The first-order chi connectivity index (χ1) is 8.70. The Hall–Kier alpha value is -2.10. The number of hydrogen-bond donors (Lipinski definition) is 2. The number of H-pyrrole nitrogens is 1. The summed E-state index contributed by atoms with van der Waals surface area (Å²) in [4.78, 5) is 18.4. The molecular weight excluding hydrogens is 228 g/mol. The molecule has 0 atom stereocenters. The van der Waals surface area contributed by atoms with Gasteiger partial charge in [-0.05, 0) is 18.4 Å². The number of hydrogen-bond acceptors (Lipinski definition) is 3. The van der Waals surface area contributed by atoms with Crippen LogP contribution in [-0.4, -0.2) is 15.1 Å². The lowest BCUT2D eigenvalue weighted by Gasteiger charge is -2.04. The lowest BCUT2D eigenvalue weighted by molar-refractivity contribution is 0.440. The third kappa shape index (κ3) is 2.77. The van der Waals surface area contributed by atoms with Gasteiger partial charge in [0.15, 0.2) is 0 Å². The monoisotopic (exact) mass is 244 g/mol. The van der Waals surface area contributed by atoms with Crippen LogP contribution in [0.2, 0.25) is 0 Å². The summed E-state index contributed by atoms with van der Waals surface area (Å²) in [6, 6.07) is 9.97. The molecule has 1 aromatic heterocycles. The van der Waals surface area contributed by atoms with E-state index < -0.39 is 0 Å². The summed E-state index contributed by atoms with van der Waals surface area (Å²) < 4.78 is 0. The molecular formula is C14H16N2O2. The van der Waals surface area contributed by atoms with Crippen molar-refractivity contribution in [2.75, 3.05) is 0 Å². The van der Waals surface area contributed by atoms with Crippen LogP contribution >= 0.6 is 0 Å². The van der Waals surface area contributed by atoms with Gasteiger partial charge in [-0.15, -0.1) is 0 Å². The van der Waals surface area contributed by atoms with Crippen LogP contribution in [0, 0.1) is 0 Å². The lowest BCUT2D eigenvalue weighted by Crippen LogP contribution is -2.16. The van der Waals surface area contributed by atoms with E-state index >= 15 is 0 Å². The summed E-state index contributed by atoms with van der Waals surface area (Å²) in [6.45, 7) is 1.82. The van der Waals surface area contributed by atoms with E-state index in [-0.39, 0.29) is 11.4 Å². The average Bonchev–Trinajstić information content (AvgIpc) is 2.37. The van der Waals surface area contributed by atoms with E-state index in [1.807, 2.05) is 37.3 Å². The molecule has 0 saturated carbocycles. The zero-order chi connectivity index (χ0) is 13.0. The molecule has 2 N–H and O–H groups in total. The predicted octanol–water partition coefficient (Wildman–Crippen LogP) is 1.82. The number of aromatic hydroxyl groups is 1. The molecule has 4 nitrogen and oxygen atoms in total. The van der Waals surface area contributed by atoms with Crippen LogP contribution in [0.4, 0.5) is 0 Å². The highest BCUT2D eigenvalue weighted by Gasteiger charge is 2.08. The van der Waals surface area contributed by atoms with Crippen molar-refractivity contribution in [3.05, 3.63) is 57.6 Å². The van der Waals surface area contributed by atoms with Crippen LogP contribution in [0.15, 0.2) is 35.1 Å². The van der Waals surface area contributed by atoms with Gasteiger partial charge < -0.3 is 10.1 Å². The third-order valence-electron chi connectivity index (χ3n) is 2.89. The zero-order valence-electron chi connectivity index (χ0n) is 10.3. The fourth-order valence-electron chi connectivity index (χ4n) is 1.88. The van der Waals surface area contributed by atoms with Gasteiger partial charge in [0.25, 0.3) is 5.56 Å². The first-order valence-corrected chi connectivity index (χ1v) is 6.05. The van der Waals surface area contributed by atoms with E-state index in [0.717, 1.165) is 6.42 Å². The molecule has 0 amide bonds. The topological polar surface area (TPSA) is 66.0 Å². The van der Waals surface area contributed by atoms with E-state index in [4.69, 9.17) is 0 Å². The van der Waals surface area contributed by atoms with Crippen molar-refractivity contribution in [3.8, 4) is 5.88 Å². The van der Waals surface area contributed by atoms with Crippen LogP contribution in [0.25, 0.3) is 0 Å². The quantitative estimate of drug-likeness (QED) is 0.862. The fourth-order valence-corrected chi connectivity index (χ4v) is 1.88. The summed E-state index contributed by atoms with van der Waals surface area (Å²) in [7, 11) is 0. The van der Waals surface area contributed by atoms with E-state index in [1.165, 1.54) is 5.56 Å². The number of aromatic amines is 1. The largest absolute Gasteiger partial charge is 0.493 e. The molecule has 0 fully saturated rings. The van der Waals surface area contributed by atoms with Crippen molar-refractivity contribution >= 4 is 0 Å². The summed E-state index contributed by atoms with van der Waals surface area (Å²) in [6.07, 6.45) is 1.87. The molecule has 0 bridgehead atoms. The summed E-state index contributed by atoms with van der Waals surface area (Å²) in [5, 5.41) is 9.64. The van der Waals surface area contributed by atoms with Gasteiger partial charge in [-0.25, -0.2) is 4.98 Å². The second-order valence-corrected chi connectivity index (χ2v) is 4.15. The Balaban J connectivity index is 2.14. The van der Waals surface area contributed by atoms with Gasteiger partial charge in [0, 0.05) is 6.42 Å². The Labute approximate surface area is 105 Å². The molecule has 1 aromatic carbocycles. The number of nitrogens with one attached hydrogen (secondary N) is 1. The maximum atomic E-state index is 11.6. The number of nitrogens with zero attached hydrogens (tertiary/aromatic N) is 1. The normalized spacial score (nSPS) is 10.5. The second-order valence-electron chi connectivity index (χ2n) is 4.15. The van der Waals surface area contributed by atoms with Crippen molar-refractivity contribution in [2.45, 2.75) is 26.2 Å². The van der Waals surface area contributed by atoms with Gasteiger partial charge in [0.2, 0.25) is 5.88 Å². The molecule has 0 aliphatic rings. The first kappa shape index (κ1) is 12.4. The molecule has 2 rings (SSSR count). The summed E-state index contributed by atoms with van der Waals surface area (Å²) in [5.41, 5.74) is 1.28. The Bertz CT molecular complexity index is 576. The second kappa shape index (κ2) is 5.49. The van der Waals surface area contributed by atoms with Gasteiger partial charge in [0.1, 0.15) is 5.82 Å². The Morgan fingerprint density at radius 2 is 1.94 bits per heavy atom. The van der Waals surface area contributed by atoms with Crippen molar-refractivity contribution in [1.82, 2.24) is 9.97 Å². The molecule has 0 radical (unpaired) electrons. The van der Waals surface area contributed by atoms with Crippen molar-refractivity contribution in [1.29, 1.82) is 0 Å². The average molecular weight is 244 g/mol. The predicted molar refractivity (Wildman–Crippen MR) is 69.8 cm³/mol. The first-order valence-electron chi connectivity index (χ1n) is 6.05. The minimum absolute atomic E-state index is 0.149. The van der Waals surface area contributed by atoms with Crippen LogP contribution in [0.5, 0.6) is 5.88 Å². The van der Waals surface area contributed by atoms with Gasteiger partial charge in [-0.1, -0.05) is 37.3 Å². The molecule has 0 saturated heterocycles. The van der Waals surface area contributed by atoms with Crippen LogP contribution in [0.3, 0.4) is 0 Å². The van der Waals surface area contributed by atoms with E-state index in [9.17, 15) is 9.90 Å². The van der Waals surface area contributed by atoms with Crippen LogP contribution in [0.1, 0.15) is 23.9 Å². The maximum Gasteiger partial charge on any atom is 0.257 e. The number of rotatable bonds is 4. The fraction of sp³-hybridized carbons (Fsp3) is 0.286. The van der Waals surface area contributed by atoms with Crippen molar-refractivity contribution in [2.24, 2.45) is 0 Å². The minimum Gasteiger partial charge on any atom is -0.493 e. The summed E-state index contributed by atoms with van der Waals surface area (Å²) in [5.74, 6) is 0.378. The molecule has 2 aromatic rings. The minimum atomic E-state index is -0.243. The summed E-state index contributed by atoms with van der Waals surface area (Å²) >= 11 is 0. The molecule has 1 heterocycles. The zero-order valence-corrected chi connectivity index (χ0v) is 10.3. The molecule has 18 heavy (non-hydrogen) atoms. The van der Waals surface area contributed by atoms with E-state index in [2.05, 4.69) is 9.97 Å². The standard InChI is InChI=1S/C14H16N2O2/c1-2-11-13(17)15-12(16-14(11)18)9-8-10-6-4-3-5-7-10/h3-7H,2,8-9H2,1H3,(H2,15,16,17,18). The Kier molecular flexibility index (Phi) is 3.77. The highest BCUT2D eigenvalue weighted by molar-refractivity contribution is 5.23. The lowest BCUT2D eigenvalue weighted by atomic mass is 10.1. The van der Waals surface area contributed by atoms with Crippen LogP contribution in [-0.2, 0) is 19.3 Å². The van der Waals surface area contributed by atoms with Crippen molar-refractivity contribution in [3.63, 3.8) is 0 Å². The Morgan fingerprint density at radius 1 is 1.22 bits per heavy atom. The molecule has 0 unspecified atom stereocenters. The van der Waals surface area contributed by atoms with E-state index in [1.54, 1.807) is 0 Å². The van der Waals surface area contributed by atoms with Gasteiger partial charge >= 0.3 is 0 Å². The highest BCUT2D eigenvalue weighted by Crippen LogP contribution is 2.10. The number of aromatic nitrogens is 2. The van der Waals surface area contributed by atoms with Crippen molar-refractivity contribution < 1.29 is 5.11 Å². The maximum absolute atomic E-state index is 11.6. The molecule has 0 aliphatic heterocycles. The number of aryl methyl sites for hydroxylation is 2. The van der Waals surface area contributed by atoms with Gasteiger partial charge in [-0.2, -0.15) is 0 Å². The smallest absolute Gasteiger partial charge is 0.257 e. The van der Waals surface area contributed by atoms with Gasteiger partial charge in [-0.3, -0.25) is 4.79 Å². The van der Waals surface area contributed by atoms with Gasteiger partial charge in [0.05, 0.1) is 5.56 Å². The third-order valence-corrected chi connectivity index (χ3v) is 2.89. The highest BCUT2D eigenvalue weighted by atomic mass is 16.3. The molecule has 0 aliphatic carbocycles. The molecule has 94 valence electrons. The molecule has 0 spiro atoms. The molecule has 4 heteroatoms. The SMILES string of the molecule is CCc1c(O)nc(CCc2ccccc2)[nH]c1=O. The Morgan fingerprint density at radius 3 is 2.56 bits per heavy atom. The van der Waals surface area contributed by atoms with E-state index in [0.29, 0.717) is 24.2 Å².